The minimum Gasteiger partial charge on any atom is -0.333 e. The third-order valence-corrected chi connectivity index (χ3v) is 4.05. The van der Waals surface area contributed by atoms with Gasteiger partial charge < -0.3 is 9.88 Å². The van der Waals surface area contributed by atoms with Crippen molar-refractivity contribution in [2.75, 3.05) is 0 Å². The lowest BCUT2D eigenvalue weighted by Gasteiger charge is -2.07. The zero-order valence-corrected chi connectivity index (χ0v) is 14.2. The smallest absolute Gasteiger partial charge is 0.0949 e. The standard InChI is InChI=1S/C18H17N3.2ClH/c1-3-15(4-2-14(1)12-21-8-7-19-13-21)16-5-6-17-10-20-11-18(17)9-16;;/h1-9,13,20H,10-12H2;2*1H. The lowest BCUT2D eigenvalue weighted by atomic mass is 9.99. The van der Waals surface area contributed by atoms with E-state index in [0.717, 1.165) is 19.6 Å². The molecule has 0 unspecified atom stereocenters. The molecule has 1 aliphatic rings. The molecule has 0 fully saturated rings. The van der Waals surface area contributed by atoms with Crippen LogP contribution in [-0.2, 0) is 19.6 Å². The van der Waals surface area contributed by atoms with E-state index in [9.17, 15) is 0 Å². The number of imidazole rings is 1. The largest absolute Gasteiger partial charge is 0.333 e. The lowest BCUT2D eigenvalue weighted by Crippen LogP contribution is -1.99. The molecule has 4 rings (SSSR count). The minimum atomic E-state index is 0. The van der Waals surface area contributed by atoms with Gasteiger partial charge in [-0.25, -0.2) is 4.98 Å². The highest BCUT2D eigenvalue weighted by molar-refractivity contribution is 5.85. The number of fused-ring (bicyclic) bond motifs is 1. The van der Waals surface area contributed by atoms with Crippen LogP contribution in [0.3, 0.4) is 0 Å². The molecule has 1 aliphatic heterocycles. The molecular formula is C18H19Cl2N3. The predicted octanol–water partition coefficient (Wildman–Crippen LogP) is 4.05. The normalized spacial score (nSPS) is 12.2. The topological polar surface area (TPSA) is 29.9 Å². The van der Waals surface area contributed by atoms with Gasteiger partial charge in [-0.1, -0.05) is 36.4 Å². The fraction of sp³-hybridized carbons (Fsp3) is 0.167. The molecular weight excluding hydrogens is 329 g/mol. The van der Waals surface area contributed by atoms with Crippen molar-refractivity contribution in [2.45, 2.75) is 19.6 Å². The maximum Gasteiger partial charge on any atom is 0.0949 e. The Hall–Kier alpha value is -1.81. The van der Waals surface area contributed by atoms with Crippen LogP contribution in [0.4, 0.5) is 0 Å². The first kappa shape index (κ1) is 17.5. The molecule has 0 saturated carbocycles. The van der Waals surface area contributed by atoms with E-state index in [1.807, 2.05) is 18.7 Å². The van der Waals surface area contributed by atoms with Crippen molar-refractivity contribution < 1.29 is 0 Å². The van der Waals surface area contributed by atoms with Gasteiger partial charge in [0.1, 0.15) is 0 Å². The van der Waals surface area contributed by atoms with Crippen LogP contribution in [-0.4, -0.2) is 9.55 Å². The summed E-state index contributed by atoms with van der Waals surface area (Å²) in [6, 6.07) is 15.6. The van der Waals surface area contributed by atoms with Gasteiger partial charge in [0, 0.05) is 32.0 Å². The Morgan fingerprint density at radius 2 is 1.65 bits per heavy atom. The summed E-state index contributed by atoms with van der Waals surface area (Å²) in [5.74, 6) is 0. The molecule has 2 heterocycles. The van der Waals surface area contributed by atoms with E-state index in [0.29, 0.717) is 0 Å². The molecule has 23 heavy (non-hydrogen) atoms. The highest BCUT2D eigenvalue weighted by Crippen LogP contribution is 2.25. The Morgan fingerprint density at radius 1 is 0.913 bits per heavy atom. The zero-order chi connectivity index (χ0) is 14.1. The summed E-state index contributed by atoms with van der Waals surface area (Å²) in [4.78, 5) is 4.07. The van der Waals surface area contributed by atoms with Crippen molar-refractivity contribution in [3.8, 4) is 11.1 Å². The second-order valence-electron chi connectivity index (χ2n) is 5.52. The molecule has 5 heteroatoms. The summed E-state index contributed by atoms with van der Waals surface area (Å²) in [6.45, 7) is 2.86. The predicted molar refractivity (Wildman–Crippen MR) is 98.2 cm³/mol. The average Bonchev–Trinajstić information content (AvgIpc) is 3.18. The molecule has 3 aromatic rings. The summed E-state index contributed by atoms with van der Waals surface area (Å²) >= 11 is 0. The number of rotatable bonds is 3. The van der Waals surface area contributed by atoms with Gasteiger partial charge in [0.25, 0.3) is 0 Å². The number of halogens is 2. The molecule has 0 bridgehead atoms. The number of hydrogen-bond acceptors (Lipinski definition) is 2. The van der Waals surface area contributed by atoms with Crippen molar-refractivity contribution in [1.29, 1.82) is 0 Å². The van der Waals surface area contributed by atoms with Crippen LogP contribution in [0.1, 0.15) is 16.7 Å². The van der Waals surface area contributed by atoms with Crippen LogP contribution in [0.5, 0.6) is 0 Å². The molecule has 0 amide bonds. The summed E-state index contributed by atoms with van der Waals surface area (Å²) in [6.07, 6.45) is 5.65. The van der Waals surface area contributed by atoms with Crippen molar-refractivity contribution in [2.24, 2.45) is 0 Å². The van der Waals surface area contributed by atoms with Gasteiger partial charge in [0.05, 0.1) is 6.33 Å². The van der Waals surface area contributed by atoms with Crippen LogP contribution in [0.15, 0.2) is 61.2 Å². The van der Waals surface area contributed by atoms with E-state index in [1.54, 1.807) is 0 Å². The molecule has 1 N–H and O–H groups in total. The maximum absolute atomic E-state index is 4.07. The van der Waals surface area contributed by atoms with Crippen molar-refractivity contribution in [3.05, 3.63) is 77.9 Å². The van der Waals surface area contributed by atoms with Crippen molar-refractivity contribution in [1.82, 2.24) is 14.9 Å². The average molecular weight is 348 g/mol. The fourth-order valence-electron chi connectivity index (χ4n) is 2.87. The van der Waals surface area contributed by atoms with Crippen LogP contribution in [0.25, 0.3) is 11.1 Å². The third-order valence-electron chi connectivity index (χ3n) is 4.05. The number of hydrogen-bond donors (Lipinski definition) is 1. The lowest BCUT2D eigenvalue weighted by molar-refractivity contribution is 0.765. The Morgan fingerprint density at radius 3 is 2.39 bits per heavy atom. The number of nitrogens with one attached hydrogen (secondary N) is 1. The van der Waals surface area contributed by atoms with E-state index in [2.05, 4.69) is 57.3 Å². The van der Waals surface area contributed by atoms with E-state index in [4.69, 9.17) is 0 Å². The first-order valence-corrected chi connectivity index (χ1v) is 7.26. The van der Waals surface area contributed by atoms with Crippen LogP contribution < -0.4 is 5.32 Å². The highest BCUT2D eigenvalue weighted by atomic mass is 35.5. The van der Waals surface area contributed by atoms with Crippen LogP contribution in [0, 0.1) is 0 Å². The van der Waals surface area contributed by atoms with Gasteiger partial charge in [0.2, 0.25) is 0 Å². The van der Waals surface area contributed by atoms with E-state index in [-0.39, 0.29) is 24.8 Å². The Labute approximate surface area is 148 Å². The number of nitrogens with zero attached hydrogens (tertiary/aromatic N) is 2. The Kier molecular flexibility index (Phi) is 5.83. The van der Waals surface area contributed by atoms with E-state index in [1.165, 1.54) is 27.8 Å². The molecule has 3 nitrogen and oxygen atoms in total. The number of aromatic nitrogens is 2. The summed E-state index contributed by atoms with van der Waals surface area (Å²) in [5.41, 5.74) is 6.72. The summed E-state index contributed by atoms with van der Waals surface area (Å²) < 4.78 is 2.08. The van der Waals surface area contributed by atoms with E-state index < -0.39 is 0 Å². The molecule has 120 valence electrons. The molecule has 2 aromatic carbocycles. The van der Waals surface area contributed by atoms with Crippen LogP contribution >= 0.6 is 24.8 Å². The number of benzene rings is 2. The van der Waals surface area contributed by atoms with Gasteiger partial charge in [0.15, 0.2) is 0 Å². The fourth-order valence-corrected chi connectivity index (χ4v) is 2.87. The SMILES string of the molecule is Cl.Cl.c1cn(Cc2ccc(-c3ccc4c(c3)CNC4)cc2)cn1. The molecule has 0 saturated heterocycles. The Bertz CT molecular complexity index is 752. The first-order valence-electron chi connectivity index (χ1n) is 7.26. The van der Waals surface area contributed by atoms with Gasteiger partial charge >= 0.3 is 0 Å². The van der Waals surface area contributed by atoms with E-state index >= 15 is 0 Å². The maximum atomic E-state index is 4.07. The quantitative estimate of drug-likeness (QED) is 0.774. The summed E-state index contributed by atoms with van der Waals surface area (Å²) in [5, 5.41) is 3.39. The van der Waals surface area contributed by atoms with Crippen molar-refractivity contribution in [3.63, 3.8) is 0 Å². The minimum absolute atomic E-state index is 0. The molecule has 0 aliphatic carbocycles. The van der Waals surface area contributed by atoms with Gasteiger partial charge in [-0.15, -0.1) is 24.8 Å². The van der Waals surface area contributed by atoms with Gasteiger partial charge in [-0.2, -0.15) is 0 Å². The van der Waals surface area contributed by atoms with Gasteiger partial charge in [-0.05, 0) is 33.9 Å². The van der Waals surface area contributed by atoms with Crippen LogP contribution in [0.2, 0.25) is 0 Å². The third kappa shape index (κ3) is 3.75. The second-order valence-corrected chi connectivity index (χ2v) is 5.52. The molecule has 0 spiro atoms. The molecule has 0 radical (unpaired) electrons. The zero-order valence-electron chi connectivity index (χ0n) is 12.6. The Balaban J connectivity index is 0.000000960. The van der Waals surface area contributed by atoms with Gasteiger partial charge in [-0.3, -0.25) is 0 Å². The molecule has 1 aromatic heterocycles. The second kappa shape index (κ2) is 7.64. The molecule has 0 atom stereocenters. The monoisotopic (exact) mass is 347 g/mol. The highest BCUT2D eigenvalue weighted by Gasteiger charge is 2.10. The van der Waals surface area contributed by atoms with Crippen molar-refractivity contribution >= 4 is 24.8 Å². The summed E-state index contributed by atoms with van der Waals surface area (Å²) in [7, 11) is 0. The first-order chi connectivity index (χ1) is 10.4.